The Labute approximate surface area is 163 Å². The molecule has 3 heteroatoms. The minimum Gasteiger partial charge on any atom is -0.458 e. The van der Waals surface area contributed by atoms with Gasteiger partial charge in [0.2, 0.25) is 0 Å². The van der Waals surface area contributed by atoms with Crippen LogP contribution in [0.2, 0.25) is 0 Å². The largest absolute Gasteiger partial charge is 0.458 e. The molecule has 3 heterocycles. The summed E-state index contributed by atoms with van der Waals surface area (Å²) in [6, 6.07) is 28.3. The molecule has 5 aromatic rings. The summed E-state index contributed by atoms with van der Waals surface area (Å²) in [5, 5.41) is 2.65. The summed E-state index contributed by atoms with van der Waals surface area (Å²) in [5.41, 5.74) is 9.07. The number of hydrogen-bond donors (Lipinski definition) is 0. The predicted octanol–water partition coefficient (Wildman–Crippen LogP) is 4.03. The molecule has 0 amide bonds. The third kappa shape index (κ3) is 1.57. The minimum absolute atomic E-state index is 0.206. The minimum atomic E-state index is 0.206. The second-order valence-corrected chi connectivity index (χ2v) is 7.81. The van der Waals surface area contributed by atoms with E-state index < -0.39 is 0 Å². The van der Waals surface area contributed by atoms with Crippen molar-refractivity contribution in [3.8, 4) is 17.2 Å². The number of para-hydroxylation sites is 3. The van der Waals surface area contributed by atoms with Crippen LogP contribution >= 0.6 is 0 Å². The molecule has 0 radical (unpaired) electrons. The highest BCUT2D eigenvalue weighted by Crippen LogP contribution is 2.37. The molecule has 0 fully saturated rings. The summed E-state index contributed by atoms with van der Waals surface area (Å²) in [6.07, 6.45) is 0. The lowest BCUT2D eigenvalue weighted by molar-refractivity contribution is 0.487. The molecule has 0 atom stereocenters. The first-order valence-corrected chi connectivity index (χ1v) is 9.75. The lowest BCUT2D eigenvalue weighted by Gasteiger charge is -2.33. The average molecular weight is 357 g/mol. The number of aromatic nitrogens is 1. The van der Waals surface area contributed by atoms with Crippen LogP contribution in [0.4, 0.5) is 0 Å². The molecule has 130 valence electrons. The summed E-state index contributed by atoms with van der Waals surface area (Å²) in [4.78, 5) is 0. The number of fused-ring (bicyclic) bond motifs is 7. The van der Waals surface area contributed by atoms with Crippen LogP contribution in [0.1, 0.15) is 5.56 Å². The molecule has 0 aliphatic carbocycles. The number of hydrogen-bond acceptors (Lipinski definition) is 1. The molecule has 2 aliphatic rings. The van der Waals surface area contributed by atoms with E-state index in [1.165, 1.54) is 49.4 Å². The molecule has 2 nitrogen and oxygen atoms in total. The lowest BCUT2D eigenvalue weighted by Crippen LogP contribution is -2.58. The van der Waals surface area contributed by atoms with E-state index in [2.05, 4.69) is 90.4 Å². The van der Waals surface area contributed by atoms with Crippen molar-refractivity contribution in [1.82, 2.24) is 4.57 Å². The van der Waals surface area contributed by atoms with Crippen LogP contribution in [0.25, 0.3) is 27.5 Å². The van der Waals surface area contributed by atoms with Crippen LogP contribution in [0.3, 0.4) is 0 Å². The van der Waals surface area contributed by atoms with Gasteiger partial charge in [0.1, 0.15) is 11.5 Å². The normalized spacial score (nSPS) is 13.4. The molecule has 0 N–H and O–H groups in total. The van der Waals surface area contributed by atoms with Gasteiger partial charge in [0, 0.05) is 22.0 Å². The highest BCUT2D eigenvalue weighted by atomic mass is 16.5. The van der Waals surface area contributed by atoms with Gasteiger partial charge in [-0.15, -0.1) is 0 Å². The topological polar surface area (TPSA) is 14.2 Å². The zero-order valence-electron chi connectivity index (χ0n) is 15.4. The second kappa shape index (κ2) is 4.88. The summed E-state index contributed by atoms with van der Waals surface area (Å²) < 4.78 is 8.80. The highest BCUT2D eigenvalue weighted by Gasteiger charge is 2.39. The number of ether oxygens (including phenoxy) is 1. The Morgan fingerprint density at radius 1 is 0.679 bits per heavy atom. The maximum absolute atomic E-state index is 6.34. The van der Waals surface area contributed by atoms with Gasteiger partial charge in [-0.1, -0.05) is 60.7 Å². The van der Waals surface area contributed by atoms with Crippen molar-refractivity contribution in [2.24, 2.45) is 0 Å². The number of aryl methyl sites for hydroxylation is 1. The SMILES string of the molecule is Cc1cccc2c3cccc4c3n(c12)-c1cccc2c1B4c1ccccc1O2. The Morgan fingerprint density at radius 3 is 2.32 bits per heavy atom. The van der Waals surface area contributed by atoms with Crippen molar-refractivity contribution in [2.75, 3.05) is 0 Å². The lowest BCUT2D eigenvalue weighted by atomic mass is 9.34. The van der Waals surface area contributed by atoms with Crippen LogP contribution in [-0.4, -0.2) is 11.3 Å². The summed E-state index contributed by atoms with van der Waals surface area (Å²) in [5.74, 6) is 1.94. The van der Waals surface area contributed by atoms with E-state index in [4.69, 9.17) is 4.74 Å². The quantitative estimate of drug-likeness (QED) is 0.374. The smallest absolute Gasteiger partial charge is 0.256 e. The van der Waals surface area contributed by atoms with Gasteiger partial charge in [-0.3, -0.25) is 0 Å². The van der Waals surface area contributed by atoms with E-state index in [0.29, 0.717) is 0 Å². The molecule has 4 aromatic carbocycles. The van der Waals surface area contributed by atoms with Crippen LogP contribution in [0.5, 0.6) is 11.5 Å². The fourth-order valence-electron chi connectivity index (χ4n) is 5.30. The standard InChI is InChI=1S/C25H16BNO/c1-15-7-4-8-16-17-9-5-11-19-25(17)27(24(15)16)20-12-6-14-22-23(20)26(19)18-10-2-3-13-21(18)28-22/h2-14H,1H3. The fourth-order valence-corrected chi connectivity index (χ4v) is 5.30. The van der Waals surface area contributed by atoms with Gasteiger partial charge in [-0.25, -0.2) is 0 Å². The van der Waals surface area contributed by atoms with Crippen molar-refractivity contribution in [1.29, 1.82) is 0 Å². The van der Waals surface area contributed by atoms with Crippen molar-refractivity contribution in [3.05, 3.63) is 84.4 Å². The van der Waals surface area contributed by atoms with Crippen LogP contribution < -0.4 is 21.1 Å². The maximum Gasteiger partial charge on any atom is 0.256 e. The Bertz CT molecular complexity index is 1460. The molecular weight excluding hydrogens is 341 g/mol. The fraction of sp³-hybridized carbons (Fsp3) is 0.0400. The molecule has 7 rings (SSSR count). The van der Waals surface area contributed by atoms with Crippen LogP contribution in [0.15, 0.2) is 78.9 Å². The number of nitrogens with zero attached hydrogens (tertiary/aromatic N) is 1. The van der Waals surface area contributed by atoms with Crippen molar-refractivity contribution >= 4 is 44.9 Å². The molecule has 2 aliphatic heterocycles. The summed E-state index contributed by atoms with van der Waals surface area (Å²) in [7, 11) is 0. The third-order valence-electron chi connectivity index (χ3n) is 6.38. The third-order valence-corrected chi connectivity index (χ3v) is 6.38. The van der Waals surface area contributed by atoms with Crippen molar-refractivity contribution < 1.29 is 4.74 Å². The summed E-state index contributed by atoms with van der Waals surface area (Å²) >= 11 is 0. The van der Waals surface area contributed by atoms with Crippen molar-refractivity contribution in [3.63, 3.8) is 0 Å². The van der Waals surface area contributed by atoms with Gasteiger partial charge in [0.25, 0.3) is 6.71 Å². The Balaban J connectivity index is 1.77. The average Bonchev–Trinajstić information content (AvgIpc) is 3.08. The molecule has 28 heavy (non-hydrogen) atoms. The first-order valence-electron chi connectivity index (χ1n) is 9.75. The summed E-state index contributed by atoms with van der Waals surface area (Å²) in [6.45, 7) is 2.41. The molecule has 1 aromatic heterocycles. The van der Waals surface area contributed by atoms with Gasteiger partial charge in [0.05, 0.1) is 5.52 Å². The van der Waals surface area contributed by atoms with E-state index in [1.54, 1.807) is 0 Å². The zero-order chi connectivity index (χ0) is 18.4. The zero-order valence-corrected chi connectivity index (χ0v) is 15.4. The van der Waals surface area contributed by atoms with Gasteiger partial charge in [-0.05, 0) is 47.1 Å². The molecule has 0 saturated carbocycles. The second-order valence-electron chi connectivity index (χ2n) is 7.81. The van der Waals surface area contributed by atoms with E-state index in [-0.39, 0.29) is 6.71 Å². The van der Waals surface area contributed by atoms with Gasteiger partial charge in [0.15, 0.2) is 0 Å². The van der Waals surface area contributed by atoms with E-state index in [9.17, 15) is 0 Å². The molecule has 0 saturated heterocycles. The first kappa shape index (κ1) is 14.6. The van der Waals surface area contributed by atoms with E-state index in [1.807, 2.05) is 0 Å². The molecule has 0 spiro atoms. The van der Waals surface area contributed by atoms with Crippen molar-refractivity contribution in [2.45, 2.75) is 6.92 Å². The highest BCUT2D eigenvalue weighted by molar-refractivity contribution is 6.99. The number of benzene rings is 4. The Hall–Kier alpha value is -3.46. The van der Waals surface area contributed by atoms with E-state index >= 15 is 0 Å². The predicted molar refractivity (Wildman–Crippen MR) is 117 cm³/mol. The Morgan fingerprint density at radius 2 is 1.39 bits per heavy atom. The molecule has 0 unspecified atom stereocenters. The van der Waals surface area contributed by atoms with E-state index in [0.717, 1.165) is 11.5 Å². The van der Waals surface area contributed by atoms with Gasteiger partial charge in [-0.2, -0.15) is 0 Å². The Kier molecular flexibility index (Phi) is 2.54. The van der Waals surface area contributed by atoms with Gasteiger partial charge < -0.3 is 9.30 Å². The number of rotatable bonds is 0. The van der Waals surface area contributed by atoms with Gasteiger partial charge >= 0.3 is 0 Å². The monoisotopic (exact) mass is 357 g/mol. The van der Waals surface area contributed by atoms with Crippen LogP contribution in [-0.2, 0) is 0 Å². The first-order chi connectivity index (χ1) is 13.8. The molecule has 0 bridgehead atoms. The maximum atomic E-state index is 6.34. The van der Waals surface area contributed by atoms with Crippen LogP contribution in [0, 0.1) is 6.92 Å². The molecular formula is C25H16BNO.